The van der Waals surface area contributed by atoms with Crippen LogP contribution in [0.4, 0.5) is 0 Å². The molecule has 0 saturated heterocycles. The number of methoxy groups -OCH3 is 1. The molecule has 0 bridgehead atoms. The summed E-state index contributed by atoms with van der Waals surface area (Å²) in [4.78, 5) is 0. The van der Waals surface area contributed by atoms with E-state index in [-0.39, 0.29) is 6.04 Å². The van der Waals surface area contributed by atoms with Crippen LogP contribution in [0.5, 0.6) is 5.75 Å². The van der Waals surface area contributed by atoms with Crippen LogP contribution in [0, 0.1) is 0 Å². The Kier molecular flexibility index (Phi) is 4.65. The molecule has 1 aromatic rings. The molecule has 0 aliphatic carbocycles. The lowest BCUT2D eigenvalue weighted by molar-refractivity contribution is 0.215. The van der Waals surface area contributed by atoms with Crippen molar-refractivity contribution >= 4 is 0 Å². The van der Waals surface area contributed by atoms with Crippen LogP contribution >= 0.6 is 0 Å². The van der Waals surface area contributed by atoms with Crippen LogP contribution in [0.1, 0.15) is 18.9 Å². The van der Waals surface area contributed by atoms with E-state index >= 15 is 0 Å². The van der Waals surface area contributed by atoms with Crippen LogP contribution in [0.15, 0.2) is 36.1 Å². The summed E-state index contributed by atoms with van der Waals surface area (Å²) < 4.78 is 10.9. The second-order valence-electron chi connectivity index (χ2n) is 4.41. The first kappa shape index (κ1) is 13.0. The second kappa shape index (κ2) is 6.45. The third kappa shape index (κ3) is 3.26. The summed E-state index contributed by atoms with van der Waals surface area (Å²) in [5, 5.41) is 3.48. The van der Waals surface area contributed by atoms with Crippen LogP contribution in [0.2, 0.25) is 0 Å². The fourth-order valence-electron chi connectivity index (χ4n) is 2.23. The lowest BCUT2D eigenvalue weighted by Crippen LogP contribution is -2.33. The largest absolute Gasteiger partial charge is 0.497 e. The first-order valence-electron chi connectivity index (χ1n) is 6.52. The van der Waals surface area contributed by atoms with Crippen molar-refractivity contribution in [1.29, 1.82) is 0 Å². The molecule has 3 nitrogen and oxygen atoms in total. The number of rotatable bonds is 6. The van der Waals surface area contributed by atoms with Crippen LogP contribution in [-0.2, 0) is 11.2 Å². The average Bonchev–Trinajstić information content (AvgIpc) is 2.92. The van der Waals surface area contributed by atoms with Gasteiger partial charge in [-0.2, -0.15) is 0 Å². The van der Waals surface area contributed by atoms with Gasteiger partial charge in [-0.25, -0.2) is 0 Å². The molecule has 0 radical (unpaired) electrons. The van der Waals surface area contributed by atoms with Crippen LogP contribution in [0.25, 0.3) is 0 Å². The number of ether oxygens (including phenoxy) is 2. The molecule has 1 aliphatic heterocycles. The Balaban J connectivity index is 2.07. The third-order valence-electron chi connectivity index (χ3n) is 3.10. The molecule has 0 amide bonds. The first-order valence-corrected chi connectivity index (χ1v) is 6.52. The zero-order valence-electron chi connectivity index (χ0n) is 11.1. The predicted octanol–water partition coefficient (Wildman–Crippen LogP) is 2.52. The topological polar surface area (TPSA) is 30.5 Å². The van der Waals surface area contributed by atoms with Gasteiger partial charge in [0, 0.05) is 6.42 Å². The van der Waals surface area contributed by atoms with Crippen LogP contribution < -0.4 is 10.1 Å². The number of likely N-dealkylation sites (N-methyl/N-ethyl adjacent to an activating group) is 1. The minimum Gasteiger partial charge on any atom is -0.497 e. The van der Waals surface area contributed by atoms with Gasteiger partial charge in [-0.1, -0.05) is 19.1 Å². The molecule has 2 rings (SSSR count). The van der Waals surface area contributed by atoms with Crippen molar-refractivity contribution in [3.63, 3.8) is 0 Å². The molecule has 0 saturated carbocycles. The zero-order valence-corrected chi connectivity index (χ0v) is 11.1. The van der Waals surface area contributed by atoms with Crippen molar-refractivity contribution in [2.24, 2.45) is 0 Å². The van der Waals surface area contributed by atoms with E-state index in [4.69, 9.17) is 9.47 Å². The normalized spacial score (nSPS) is 16.0. The smallest absolute Gasteiger partial charge is 0.119 e. The van der Waals surface area contributed by atoms with Crippen LogP contribution in [0.3, 0.4) is 0 Å². The van der Waals surface area contributed by atoms with Crippen molar-refractivity contribution in [3.8, 4) is 5.75 Å². The van der Waals surface area contributed by atoms with Gasteiger partial charge < -0.3 is 14.8 Å². The van der Waals surface area contributed by atoms with E-state index in [1.165, 1.54) is 5.56 Å². The van der Waals surface area contributed by atoms with Crippen molar-refractivity contribution in [2.75, 3.05) is 20.3 Å². The van der Waals surface area contributed by atoms with Crippen molar-refractivity contribution in [2.45, 2.75) is 25.8 Å². The van der Waals surface area contributed by atoms with E-state index in [1.807, 2.05) is 12.1 Å². The number of hydrogen-bond donors (Lipinski definition) is 1. The Labute approximate surface area is 109 Å². The SMILES string of the molecule is CCNC(Cc1cccc(OC)c1)C1=CCCO1. The minimum atomic E-state index is 0.268. The minimum absolute atomic E-state index is 0.268. The van der Waals surface area contributed by atoms with Gasteiger partial charge in [0.25, 0.3) is 0 Å². The molecule has 1 unspecified atom stereocenters. The van der Waals surface area contributed by atoms with E-state index < -0.39 is 0 Å². The summed E-state index contributed by atoms with van der Waals surface area (Å²) in [5.41, 5.74) is 1.26. The Bertz CT molecular complexity index is 415. The summed E-state index contributed by atoms with van der Waals surface area (Å²) in [6, 6.07) is 8.48. The molecular formula is C15H21NO2. The van der Waals surface area contributed by atoms with Gasteiger partial charge in [-0.3, -0.25) is 0 Å². The molecule has 0 fully saturated rings. The summed E-state index contributed by atoms with van der Waals surface area (Å²) in [7, 11) is 1.70. The molecule has 1 aromatic carbocycles. The molecular weight excluding hydrogens is 226 g/mol. The molecule has 0 spiro atoms. The van der Waals surface area contributed by atoms with E-state index in [9.17, 15) is 0 Å². The van der Waals surface area contributed by atoms with Gasteiger partial charge in [-0.05, 0) is 36.7 Å². The molecule has 18 heavy (non-hydrogen) atoms. The van der Waals surface area contributed by atoms with Gasteiger partial charge in [0.05, 0.1) is 19.8 Å². The molecule has 98 valence electrons. The number of nitrogens with one attached hydrogen (secondary N) is 1. The van der Waals surface area contributed by atoms with E-state index in [1.54, 1.807) is 7.11 Å². The zero-order chi connectivity index (χ0) is 12.8. The highest BCUT2D eigenvalue weighted by molar-refractivity contribution is 5.30. The van der Waals surface area contributed by atoms with Gasteiger partial charge in [0.1, 0.15) is 11.5 Å². The van der Waals surface area contributed by atoms with Gasteiger partial charge in [0.15, 0.2) is 0 Å². The molecule has 1 heterocycles. The lowest BCUT2D eigenvalue weighted by Gasteiger charge is -2.19. The number of hydrogen-bond acceptors (Lipinski definition) is 3. The van der Waals surface area contributed by atoms with Crippen molar-refractivity contribution in [3.05, 3.63) is 41.7 Å². The summed E-state index contributed by atoms with van der Waals surface area (Å²) in [5.74, 6) is 1.99. The van der Waals surface area contributed by atoms with Gasteiger partial charge in [0.2, 0.25) is 0 Å². The Morgan fingerprint density at radius 2 is 2.33 bits per heavy atom. The van der Waals surface area contributed by atoms with Gasteiger partial charge >= 0.3 is 0 Å². The van der Waals surface area contributed by atoms with E-state index in [0.29, 0.717) is 0 Å². The maximum atomic E-state index is 5.66. The first-order chi connectivity index (χ1) is 8.83. The molecule has 1 N–H and O–H groups in total. The maximum Gasteiger partial charge on any atom is 0.119 e. The highest BCUT2D eigenvalue weighted by Crippen LogP contribution is 2.19. The second-order valence-corrected chi connectivity index (χ2v) is 4.41. The highest BCUT2D eigenvalue weighted by atomic mass is 16.5. The highest BCUT2D eigenvalue weighted by Gasteiger charge is 2.18. The standard InChI is InChI=1S/C15H21NO2/c1-3-16-14(15-8-5-9-18-15)11-12-6-4-7-13(10-12)17-2/h4,6-8,10,14,16H,3,5,9,11H2,1-2H3. The van der Waals surface area contributed by atoms with Gasteiger partial charge in [-0.15, -0.1) is 0 Å². The monoisotopic (exact) mass is 247 g/mol. The average molecular weight is 247 g/mol. The molecule has 3 heteroatoms. The fraction of sp³-hybridized carbons (Fsp3) is 0.467. The summed E-state index contributed by atoms with van der Waals surface area (Å²) >= 11 is 0. The maximum absolute atomic E-state index is 5.66. The Hall–Kier alpha value is -1.48. The Morgan fingerprint density at radius 1 is 1.44 bits per heavy atom. The fourth-order valence-corrected chi connectivity index (χ4v) is 2.23. The van der Waals surface area contributed by atoms with E-state index in [0.717, 1.165) is 37.5 Å². The number of benzene rings is 1. The van der Waals surface area contributed by atoms with Crippen molar-refractivity contribution in [1.82, 2.24) is 5.32 Å². The quantitative estimate of drug-likeness (QED) is 0.838. The van der Waals surface area contributed by atoms with E-state index in [2.05, 4.69) is 30.4 Å². The van der Waals surface area contributed by atoms with Crippen molar-refractivity contribution < 1.29 is 9.47 Å². The molecule has 1 aliphatic rings. The molecule has 1 atom stereocenters. The molecule has 0 aromatic heterocycles. The van der Waals surface area contributed by atoms with Crippen LogP contribution in [-0.4, -0.2) is 26.3 Å². The predicted molar refractivity (Wildman–Crippen MR) is 72.8 cm³/mol. The Morgan fingerprint density at radius 3 is 3.00 bits per heavy atom. The summed E-state index contributed by atoms with van der Waals surface area (Å²) in [6.07, 6.45) is 4.14. The third-order valence-corrected chi connectivity index (χ3v) is 3.10. The lowest BCUT2D eigenvalue weighted by atomic mass is 10.0. The summed E-state index contributed by atoms with van der Waals surface area (Å²) in [6.45, 7) is 3.87.